The number of hydrogen-bond acceptors (Lipinski definition) is 4. The number of sulfonamides is 1. The van der Waals surface area contributed by atoms with Crippen LogP contribution < -0.4 is 9.62 Å². The zero-order chi connectivity index (χ0) is 21.9. The molecule has 30 heavy (non-hydrogen) atoms. The summed E-state index contributed by atoms with van der Waals surface area (Å²) >= 11 is 0. The number of nitrogens with one attached hydrogen (secondary N) is 1. The zero-order valence-corrected chi connectivity index (χ0v) is 19.2. The third-order valence-electron chi connectivity index (χ3n) is 6.07. The first kappa shape index (κ1) is 22.7. The number of nitrogens with zero attached hydrogens (tertiary/aromatic N) is 2. The number of halogens is 1. The van der Waals surface area contributed by atoms with E-state index in [1.807, 2.05) is 45.9 Å². The molecule has 2 aromatic rings. The van der Waals surface area contributed by atoms with E-state index in [1.165, 1.54) is 12.1 Å². The molecule has 7 heteroatoms. The van der Waals surface area contributed by atoms with Gasteiger partial charge in [-0.2, -0.15) is 0 Å². The molecule has 0 radical (unpaired) electrons. The Balaban J connectivity index is 1.48. The minimum Gasteiger partial charge on any atom is -0.369 e. The van der Waals surface area contributed by atoms with Gasteiger partial charge in [0.05, 0.1) is 4.90 Å². The van der Waals surface area contributed by atoms with Crippen molar-refractivity contribution < 1.29 is 12.8 Å². The predicted octanol–water partition coefficient (Wildman–Crippen LogP) is 3.55. The summed E-state index contributed by atoms with van der Waals surface area (Å²) in [6.45, 7) is 12.5. The normalized spacial score (nSPS) is 15.6. The third kappa shape index (κ3) is 5.20. The van der Waals surface area contributed by atoms with Gasteiger partial charge < -0.3 is 4.90 Å². The van der Waals surface area contributed by atoms with Crippen LogP contribution in [0.3, 0.4) is 0 Å². The van der Waals surface area contributed by atoms with Gasteiger partial charge in [0.15, 0.2) is 0 Å². The van der Waals surface area contributed by atoms with E-state index in [9.17, 15) is 12.8 Å². The Labute approximate surface area is 179 Å². The zero-order valence-electron chi connectivity index (χ0n) is 18.3. The molecule has 0 atom stereocenters. The molecule has 0 aliphatic carbocycles. The average Bonchev–Trinajstić information content (AvgIpc) is 2.71. The number of piperazine rings is 1. The van der Waals surface area contributed by atoms with E-state index < -0.39 is 10.0 Å². The van der Waals surface area contributed by atoms with Crippen molar-refractivity contribution in [3.05, 3.63) is 58.4 Å². The van der Waals surface area contributed by atoms with E-state index in [-0.39, 0.29) is 5.82 Å². The maximum Gasteiger partial charge on any atom is 0.241 e. The van der Waals surface area contributed by atoms with Crippen LogP contribution in [0.25, 0.3) is 0 Å². The number of benzene rings is 2. The van der Waals surface area contributed by atoms with Crippen molar-refractivity contribution >= 4 is 15.7 Å². The lowest BCUT2D eigenvalue weighted by atomic mass is 10.0. The largest absolute Gasteiger partial charge is 0.369 e. The van der Waals surface area contributed by atoms with Gasteiger partial charge in [-0.15, -0.1) is 0 Å². The molecule has 0 bridgehead atoms. The molecular formula is C23H32FN3O2S. The summed E-state index contributed by atoms with van der Waals surface area (Å²) in [5.74, 6) is -0.217. The number of rotatable bonds is 7. The summed E-state index contributed by atoms with van der Waals surface area (Å²) in [4.78, 5) is 5.03. The molecule has 0 saturated carbocycles. The highest BCUT2D eigenvalue weighted by Crippen LogP contribution is 2.25. The molecule has 0 aromatic heterocycles. The Morgan fingerprint density at radius 1 is 0.933 bits per heavy atom. The summed E-state index contributed by atoms with van der Waals surface area (Å²) < 4.78 is 41.7. The Morgan fingerprint density at radius 3 is 2.07 bits per heavy atom. The topological polar surface area (TPSA) is 52.7 Å². The molecule has 164 valence electrons. The van der Waals surface area contributed by atoms with Gasteiger partial charge in [-0.3, -0.25) is 4.90 Å². The highest BCUT2D eigenvalue weighted by molar-refractivity contribution is 7.89. The van der Waals surface area contributed by atoms with Crippen molar-refractivity contribution in [2.24, 2.45) is 0 Å². The Kier molecular flexibility index (Phi) is 7.16. The highest BCUT2D eigenvalue weighted by atomic mass is 32.2. The second kappa shape index (κ2) is 9.45. The average molecular weight is 434 g/mol. The maximum absolute atomic E-state index is 13.1. The van der Waals surface area contributed by atoms with Gasteiger partial charge in [-0.25, -0.2) is 17.5 Å². The first-order chi connectivity index (χ1) is 14.2. The minimum absolute atomic E-state index is 0.217. The molecule has 1 aliphatic heterocycles. The van der Waals surface area contributed by atoms with Crippen molar-refractivity contribution in [2.75, 3.05) is 44.2 Å². The number of aryl methyl sites for hydroxylation is 2. The molecule has 1 fully saturated rings. The van der Waals surface area contributed by atoms with Crippen LogP contribution >= 0.6 is 0 Å². The highest BCUT2D eigenvalue weighted by Gasteiger charge is 2.22. The molecule has 0 amide bonds. The second-order valence-electron chi connectivity index (χ2n) is 8.15. The van der Waals surface area contributed by atoms with Crippen LogP contribution in [0.15, 0.2) is 35.2 Å². The Morgan fingerprint density at radius 2 is 1.50 bits per heavy atom. The lowest BCUT2D eigenvalue weighted by Gasteiger charge is -2.36. The molecule has 5 nitrogen and oxygen atoms in total. The summed E-state index contributed by atoms with van der Waals surface area (Å²) in [6, 6.07) is 8.66. The fraction of sp³-hybridized carbons (Fsp3) is 0.478. The second-order valence-corrected chi connectivity index (χ2v) is 9.85. The standard InChI is InChI=1S/C23H32FN3O2S/c1-17-16-18(2)20(4)23(19(17)3)30(28,29)25-10-5-11-26-12-14-27(15-13-26)22-8-6-21(24)7-9-22/h6-9,16,25H,5,10-15H2,1-4H3. The van der Waals surface area contributed by atoms with Crippen LogP contribution in [-0.2, 0) is 10.0 Å². The first-order valence-electron chi connectivity index (χ1n) is 10.5. The van der Waals surface area contributed by atoms with Crippen molar-refractivity contribution in [3.63, 3.8) is 0 Å². The van der Waals surface area contributed by atoms with E-state index in [2.05, 4.69) is 14.5 Å². The Bertz CT molecular complexity index is 956. The first-order valence-corrected chi connectivity index (χ1v) is 12.0. The lowest BCUT2D eigenvalue weighted by molar-refractivity contribution is 0.255. The number of anilines is 1. The van der Waals surface area contributed by atoms with Gasteiger partial charge >= 0.3 is 0 Å². The molecule has 1 aliphatic rings. The van der Waals surface area contributed by atoms with Crippen molar-refractivity contribution in [1.29, 1.82) is 0 Å². The summed E-state index contributed by atoms with van der Waals surface area (Å²) in [7, 11) is -3.53. The monoisotopic (exact) mass is 433 g/mol. The van der Waals surface area contributed by atoms with Gasteiger partial charge in [-0.05, 0) is 87.2 Å². The van der Waals surface area contributed by atoms with Crippen molar-refractivity contribution in [2.45, 2.75) is 39.0 Å². The van der Waals surface area contributed by atoms with Crippen molar-refractivity contribution in [1.82, 2.24) is 9.62 Å². The van der Waals surface area contributed by atoms with Crippen LogP contribution in [0, 0.1) is 33.5 Å². The van der Waals surface area contributed by atoms with E-state index in [4.69, 9.17) is 0 Å². The van der Waals surface area contributed by atoms with Gasteiger partial charge in [0.2, 0.25) is 10.0 Å². The van der Waals surface area contributed by atoms with Gasteiger partial charge in [0, 0.05) is 38.4 Å². The quantitative estimate of drug-likeness (QED) is 0.679. The van der Waals surface area contributed by atoms with Gasteiger partial charge in [-0.1, -0.05) is 6.07 Å². The summed E-state index contributed by atoms with van der Waals surface area (Å²) in [5.41, 5.74) is 4.68. The van der Waals surface area contributed by atoms with E-state index in [1.54, 1.807) is 0 Å². The minimum atomic E-state index is -3.53. The SMILES string of the molecule is Cc1cc(C)c(C)c(S(=O)(=O)NCCCN2CCN(c3ccc(F)cc3)CC2)c1C. The van der Waals surface area contributed by atoms with Gasteiger partial charge in [0.25, 0.3) is 0 Å². The van der Waals surface area contributed by atoms with Crippen LogP contribution in [0.5, 0.6) is 0 Å². The molecule has 0 spiro atoms. The van der Waals surface area contributed by atoms with E-state index in [0.29, 0.717) is 11.4 Å². The number of hydrogen-bond donors (Lipinski definition) is 1. The van der Waals surface area contributed by atoms with Crippen LogP contribution in [-0.4, -0.2) is 52.6 Å². The fourth-order valence-corrected chi connectivity index (χ4v) is 5.73. The summed E-state index contributed by atoms with van der Waals surface area (Å²) in [5, 5.41) is 0. The molecule has 0 unspecified atom stereocenters. The predicted molar refractivity (Wildman–Crippen MR) is 120 cm³/mol. The fourth-order valence-electron chi connectivity index (χ4n) is 4.05. The molecule has 3 rings (SSSR count). The van der Waals surface area contributed by atoms with E-state index >= 15 is 0 Å². The molecule has 1 N–H and O–H groups in total. The molecule has 1 heterocycles. The summed E-state index contributed by atoms with van der Waals surface area (Å²) in [6.07, 6.45) is 0.763. The maximum atomic E-state index is 13.1. The molecule has 1 saturated heterocycles. The smallest absolute Gasteiger partial charge is 0.241 e. The third-order valence-corrected chi connectivity index (χ3v) is 7.81. The van der Waals surface area contributed by atoms with Crippen LogP contribution in [0.1, 0.15) is 28.7 Å². The Hall–Kier alpha value is -1.96. The van der Waals surface area contributed by atoms with E-state index in [0.717, 1.165) is 67.1 Å². The van der Waals surface area contributed by atoms with Crippen LogP contribution in [0.4, 0.5) is 10.1 Å². The van der Waals surface area contributed by atoms with Crippen LogP contribution in [0.2, 0.25) is 0 Å². The molecule has 2 aromatic carbocycles. The lowest BCUT2D eigenvalue weighted by Crippen LogP contribution is -2.47. The van der Waals surface area contributed by atoms with Crippen molar-refractivity contribution in [3.8, 4) is 0 Å². The molecular weight excluding hydrogens is 401 g/mol. The van der Waals surface area contributed by atoms with Gasteiger partial charge in [0.1, 0.15) is 5.82 Å².